The molecule has 1 atom stereocenters. The van der Waals surface area contributed by atoms with E-state index in [2.05, 4.69) is 121 Å². The maximum atomic E-state index is 11.1. The molecule has 4 aromatic rings. The van der Waals surface area contributed by atoms with E-state index in [4.69, 9.17) is 0 Å². The van der Waals surface area contributed by atoms with Crippen molar-refractivity contribution in [2.24, 2.45) is 0 Å². The van der Waals surface area contributed by atoms with Crippen LogP contribution in [0.15, 0.2) is 96.7 Å². The van der Waals surface area contributed by atoms with Crippen molar-refractivity contribution < 1.29 is 14.5 Å². The largest absolute Gasteiger partial charge is 0.550 e. The number of hydrogen-bond acceptors (Lipinski definition) is 3. The van der Waals surface area contributed by atoms with Crippen LogP contribution in [0.3, 0.4) is 0 Å². The lowest BCUT2D eigenvalue weighted by molar-refractivity contribution is -0.443. The molecule has 1 unspecified atom stereocenters. The van der Waals surface area contributed by atoms with Gasteiger partial charge in [-0.1, -0.05) is 79.6 Å². The number of hydrogen-bond donors (Lipinski definition) is 0. The summed E-state index contributed by atoms with van der Waals surface area (Å²) in [5, 5.41) is 16.5. The van der Waals surface area contributed by atoms with Crippen molar-refractivity contribution in [2.75, 3.05) is 18.0 Å². The van der Waals surface area contributed by atoms with E-state index >= 15 is 0 Å². The maximum absolute atomic E-state index is 11.1. The lowest BCUT2D eigenvalue weighted by atomic mass is 9.76. The minimum atomic E-state index is -0.948. The lowest BCUT2D eigenvalue weighted by Crippen LogP contribution is -2.31. The van der Waals surface area contributed by atoms with Gasteiger partial charge in [-0.25, -0.2) is 0 Å². The number of carboxylic acid groups (broad SMARTS) is 1. The zero-order chi connectivity index (χ0) is 33.0. The number of aliphatic carboxylic acids is 1. The number of anilines is 1. The summed E-state index contributed by atoms with van der Waals surface area (Å²) in [5.74, 6) is -0.948. The Hall–Kier alpha value is -4.44. The molecule has 4 aromatic carbocycles. The van der Waals surface area contributed by atoms with Crippen LogP contribution in [0, 0.1) is 0 Å². The molecule has 4 heteroatoms. The van der Waals surface area contributed by atoms with Gasteiger partial charge in [0.15, 0.2) is 5.71 Å². The number of aryl methyl sites for hydroxylation is 2. The van der Waals surface area contributed by atoms with Crippen molar-refractivity contribution in [3.05, 3.63) is 119 Å². The van der Waals surface area contributed by atoms with Crippen molar-refractivity contribution in [3.8, 4) is 0 Å². The molecule has 4 heterocycles. The topological polar surface area (TPSA) is 46.4 Å². The van der Waals surface area contributed by atoms with E-state index < -0.39 is 5.97 Å². The van der Waals surface area contributed by atoms with E-state index in [-0.39, 0.29) is 17.3 Å². The zero-order valence-electron chi connectivity index (χ0n) is 28.6. The van der Waals surface area contributed by atoms with Crippen LogP contribution in [0.4, 0.5) is 11.4 Å². The van der Waals surface area contributed by atoms with Crippen LogP contribution in [0.5, 0.6) is 0 Å². The third-order valence-corrected chi connectivity index (χ3v) is 11.8. The van der Waals surface area contributed by atoms with Crippen molar-refractivity contribution in [3.63, 3.8) is 0 Å². The first-order valence-electron chi connectivity index (χ1n) is 18.1. The highest BCUT2D eigenvalue weighted by Crippen LogP contribution is 2.55. The Kier molecular flexibility index (Phi) is 7.66. The standard InChI is InChI=1S/C44H46N2O2/c1-43(2)36-28-30-16-9-11-18-32(30)34-20-14-26-45(41(34)36)38(43)22-6-4-7-23-39-44(3,25-13-5-8-24-40(47)48)37-29-31-17-10-12-19-33(31)35-21-15-27-46(39)42(35)37/h4,6-7,9-12,16-19,22-23,28-29H,5,8,13-15,20-21,24-27H2,1-3H3. The zero-order valence-corrected chi connectivity index (χ0v) is 28.6. The van der Waals surface area contributed by atoms with Crippen LogP contribution < -0.4 is 10.0 Å². The van der Waals surface area contributed by atoms with Gasteiger partial charge >= 0.3 is 0 Å². The summed E-state index contributed by atoms with van der Waals surface area (Å²) < 4.78 is 2.59. The van der Waals surface area contributed by atoms with Crippen molar-refractivity contribution in [1.29, 1.82) is 0 Å². The second-order valence-corrected chi connectivity index (χ2v) is 15.0. The maximum Gasteiger partial charge on any atom is 0.213 e. The summed E-state index contributed by atoms with van der Waals surface area (Å²) in [6, 6.07) is 22.6. The molecular formula is C44H46N2O2. The Morgan fingerprint density at radius 1 is 0.854 bits per heavy atom. The van der Waals surface area contributed by atoms with E-state index in [1.807, 2.05) is 0 Å². The van der Waals surface area contributed by atoms with Crippen LogP contribution >= 0.6 is 0 Å². The minimum Gasteiger partial charge on any atom is -0.550 e. The van der Waals surface area contributed by atoms with Gasteiger partial charge in [-0.05, 0) is 110 Å². The van der Waals surface area contributed by atoms with Gasteiger partial charge in [-0.2, -0.15) is 4.58 Å². The number of carbonyl (C=O) groups is 1. The van der Waals surface area contributed by atoms with Crippen LogP contribution in [0.2, 0.25) is 0 Å². The molecule has 0 radical (unpaired) electrons. The summed E-state index contributed by atoms with van der Waals surface area (Å²) in [6.45, 7) is 9.28. The van der Waals surface area contributed by atoms with E-state index in [1.54, 1.807) is 0 Å². The van der Waals surface area contributed by atoms with Gasteiger partial charge in [0.25, 0.3) is 0 Å². The van der Waals surface area contributed by atoms with E-state index in [0.717, 1.165) is 51.6 Å². The van der Waals surface area contributed by atoms with Crippen molar-refractivity contribution >= 4 is 44.6 Å². The predicted octanol–water partition coefficient (Wildman–Crippen LogP) is 8.74. The first-order chi connectivity index (χ1) is 23.3. The number of unbranched alkanes of at least 4 members (excludes halogenated alkanes) is 2. The molecule has 0 amide bonds. The van der Waals surface area contributed by atoms with Gasteiger partial charge in [-0.15, -0.1) is 0 Å². The molecule has 4 nitrogen and oxygen atoms in total. The smallest absolute Gasteiger partial charge is 0.213 e. The average molecular weight is 635 g/mol. The number of rotatable bonds is 9. The Morgan fingerprint density at radius 3 is 2.33 bits per heavy atom. The summed E-state index contributed by atoms with van der Waals surface area (Å²) in [7, 11) is 0. The molecule has 0 saturated carbocycles. The second kappa shape index (κ2) is 11.9. The first-order valence-corrected chi connectivity index (χ1v) is 18.1. The third-order valence-electron chi connectivity index (χ3n) is 11.8. The predicted molar refractivity (Wildman–Crippen MR) is 197 cm³/mol. The Morgan fingerprint density at radius 2 is 1.56 bits per heavy atom. The molecule has 48 heavy (non-hydrogen) atoms. The van der Waals surface area contributed by atoms with Crippen LogP contribution in [-0.2, 0) is 28.5 Å². The van der Waals surface area contributed by atoms with Crippen molar-refractivity contribution in [1.82, 2.24) is 0 Å². The lowest BCUT2D eigenvalue weighted by Gasteiger charge is -2.32. The van der Waals surface area contributed by atoms with Crippen LogP contribution in [-0.4, -0.2) is 29.3 Å². The number of fused-ring (bicyclic) bond motifs is 4. The molecule has 0 spiro atoms. The highest BCUT2D eigenvalue weighted by atomic mass is 16.4. The van der Waals surface area contributed by atoms with Crippen molar-refractivity contribution in [2.45, 2.75) is 89.4 Å². The van der Waals surface area contributed by atoms with Crippen LogP contribution in [0.25, 0.3) is 21.5 Å². The molecule has 4 aliphatic rings. The van der Waals surface area contributed by atoms with Gasteiger partial charge in [0.05, 0.1) is 5.41 Å². The Labute approximate surface area is 284 Å². The molecule has 0 aromatic heterocycles. The molecule has 4 aliphatic heterocycles. The number of nitrogens with zero attached hydrogens (tertiary/aromatic N) is 2. The fourth-order valence-electron chi connectivity index (χ4n) is 9.40. The quantitative estimate of drug-likeness (QED) is 0.105. The Balaban J connectivity index is 1.13. The summed E-state index contributed by atoms with van der Waals surface area (Å²) in [4.78, 5) is 13.7. The number of carboxylic acids is 1. The molecule has 0 fully saturated rings. The van der Waals surface area contributed by atoms with Gasteiger partial charge in [0.1, 0.15) is 6.54 Å². The normalized spacial score (nSPS) is 21.7. The number of allylic oxidation sites excluding steroid dienone is 6. The molecule has 0 bridgehead atoms. The highest BCUT2D eigenvalue weighted by Gasteiger charge is 2.48. The molecular weight excluding hydrogens is 588 g/mol. The summed E-state index contributed by atoms with van der Waals surface area (Å²) in [6.07, 6.45) is 19.7. The molecule has 8 rings (SSSR count). The summed E-state index contributed by atoms with van der Waals surface area (Å²) >= 11 is 0. The highest BCUT2D eigenvalue weighted by molar-refractivity contribution is 6.06. The SMILES string of the molecule is CC1(C)C(/C=C/C=C/C=C2\N3CCCc4c3c(cc3ccccc43)C2(C)CCCCCC(=O)[O-])=[N+]2CCCc3c2c1cc1ccccc31. The molecule has 0 N–H and O–H groups in total. The summed E-state index contributed by atoms with van der Waals surface area (Å²) in [5.41, 5.74) is 11.3. The Bertz CT molecular complexity index is 2090. The third kappa shape index (κ3) is 4.86. The van der Waals surface area contributed by atoms with Crippen LogP contribution in [0.1, 0.15) is 88.0 Å². The molecule has 0 aliphatic carbocycles. The van der Waals surface area contributed by atoms with Gasteiger partial charge < -0.3 is 14.8 Å². The second-order valence-electron chi connectivity index (χ2n) is 15.0. The van der Waals surface area contributed by atoms with E-state index in [9.17, 15) is 9.90 Å². The molecule has 244 valence electrons. The number of carbonyl (C=O) groups excluding carboxylic acids is 1. The van der Waals surface area contributed by atoms with Gasteiger partial charge in [0, 0.05) is 52.9 Å². The number of benzene rings is 4. The van der Waals surface area contributed by atoms with E-state index in [1.165, 1.54) is 73.0 Å². The first kappa shape index (κ1) is 30.9. The minimum absolute atomic E-state index is 0.0597. The fraction of sp³-hybridized carbons (Fsp3) is 0.364. The monoisotopic (exact) mass is 634 g/mol. The average Bonchev–Trinajstić information content (AvgIpc) is 3.45. The van der Waals surface area contributed by atoms with Gasteiger partial charge in [0.2, 0.25) is 5.69 Å². The van der Waals surface area contributed by atoms with Gasteiger partial charge in [-0.3, -0.25) is 0 Å². The fourth-order valence-corrected chi connectivity index (χ4v) is 9.40. The van der Waals surface area contributed by atoms with E-state index in [0.29, 0.717) is 6.42 Å². The molecule has 0 saturated heterocycles.